The van der Waals surface area contributed by atoms with Crippen LogP contribution < -0.4 is 0 Å². The molecule has 0 atom stereocenters. The average Bonchev–Trinajstić information content (AvgIpc) is 2.62. The summed E-state index contributed by atoms with van der Waals surface area (Å²) in [6.45, 7) is 2.10. The highest BCUT2D eigenvalue weighted by Crippen LogP contribution is 2.30. The third kappa shape index (κ3) is 2.33. The molecule has 2 nitrogen and oxygen atoms in total. The zero-order chi connectivity index (χ0) is 10.7. The van der Waals surface area contributed by atoms with Gasteiger partial charge in [0.25, 0.3) is 4.84 Å². The maximum Gasteiger partial charge on any atom is 0.267 e. The first-order valence-corrected chi connectivity index (χ1v) is 6.12. The first-order chi connectivity index (χ1) is 7.31. The molecule has 0 saturated carbocycles. The van der Waals surface area contributed by atoms with Crippen molar-refractivity contribution in [1.29, 1.82) is 0 Å². The molecular formula is C11H11NOS2. The fourth-order valence-electron chi connectivity index (χ4n) is 1.34. The Morgan fingerprint density at radius 3 is 2.73 bits per heavy atom. The van der Waals surface area contributed by atoms with Crippen molar-refractivity contribution in [1.82, 2.24) is 4.98 Å². The minimum Gasteiger partial charge on any atom is -0.428 e. The van der Waals surface area contributed by atoms with Gasteiger partial charge >= 0.3 is 0 Å². The summed E-state index contributed by atoms with van der Waals surface area (Å²) in [5.41, 5.74) is 1.06. The van der Waals surface area contributed by atoms with Gasteiger partial charge in [-0.2, -0.15) is 0 Å². The summed E-state index contributed by atoms with van der Waals surface area (Å²) >= 11 is 6.70. The molecule has 0 aliphatic carbocycles. The predicted octanol–water partition coefficient (Wildman–Crippen LogP) is 4.12. The van der Waals surface area contributed by atoms with Crippen LogP contribution >= 0.6 is 24.0 Å². The number of rotatable bonds is 3. The zero-order valence-electron chi connectivity index (χ0n) is 8.32. The van der Waals surface area contributed by atoms with E-state index in [1.54, 1.807) is 11.8 Å². The van der Waals surface area contributed by atoms with Gasteiger partial charge in [-0.1, -0.05) is 37.3 Å². The van der Waals surface area contributed by atoms with Crippen LogP contribution in [0.25, 0.3) is 11.3 Å². The number of aromatic nitrogens is 1. The molecule has 0 amide bonds. The van der Waals surface area contributed by atoms with Gasteiger partial charge in [-0.05, 0) is 18.0 Å². The molecule has 78 valence electrons. The van der Waals surface area contributed by atoms with E-state index >= 15 is 0 Å². The van der Waals surface area contributed by atoms with Gasteiger partial charge in [-0.3, -0.25) is 0 Å². The van der Waals surface area contributed by atoms with E-state index in [1.165, 1.54) is 0 Å². The molecule has 0 unspecified atom stereocenters. The third-order valence-electron chi connectivity index (χ3n) is 1.94. The van der Waals surface area contributed by atoms with Gasteiger partial charge in [0.15, 0.2) is 5.76 Å². The summed E-state index contributed by atoms with van der Waals surface area (Å²) in [4.78, 5) is 3.49. The Labute approximate surface area is 97.7 Å². The van der Waals surface area contributed by atoms with Crippen LogP contribution in [0.1, 0.15) is 6.92 Å². The second-order valence-electron chi connectivity index (χ2n) is 2.97. The quantitative estimate of drug-likeness (QED) is 0.643. The number of thioether (sulfide) groups is 1. The van der Waals surface area contributed by atoms with Gasteiger partial charge < -0.3 is 9.40 Å². The summed E-state index contributed by atoms with van der Waals surface area (Å²) in [7, 11) is 0. The lowest BCUT2D eigenvalue weighted by Gasteiger charge is -1.98. The maximum absolute atomic E-state index is 5.49. The molecule has 2 rings (SSSR count). The van der Waals surface area contributed by atoms with E-state index in [0.717, 1.165) is 22.1 Å². The molecule has 0 fully saturated rings. The molecule has 0 aliphatic heterocycles. The Kier molecular flexibility index (Phi) is 3.28. The molecule has 0 saturated heterocycles. The van der Waals surface area contributed by atoms with Crippen molar-refractivity contribution < 1.29 is 4.42 Å². The molecule has 4 heteroatoms. The van der Waals surface area contributed by atoms with E-state index in [4.69, 9.17) is 16.6 Å². The lowest BCUT2D eigenvalue weighted by molar-refractivity contribution is 0.553. The first kappa shape index (κ1) is 10.5. The molecule has 0 radical (unpaired) electrons. The van der Waals surface area contributed by atoms with Gasteiger partial charge in [-0.25, -0.2) is 0 Å². The van der Waals surface area contributed by atoms with Crippen LogP contribution in [-0.2, 0) is 0 Å². The van der Waals surface area contributed by atoms with Crippen molar-refractivity contribution in [2.75, 3.05) is 5.75 Å². The summed E-state index contributed by atoms with van der Waals surface area (Å²) in [5, 5.41) is 1.01. The smallest absolute Gasteiger partial charge is 0.267 e. The molecule has 0 bridgehead atoms. The Morgan fingerprint density at radius 1 is 1.33 bits per heavy atom. The SMILES string of the molecule is CCSc1[nH]c(=S)oc1-c1ccccc1. The first-order valence-electron chi connectivity index (χ1n) is 4.72. The molecule has 1 N–H and O–H groups in total. The predicted molar refractivity (Wildman–Crippen MR) is 65.7 cm³/mol. The van der Waals surface area contributed by atoms with Crippen molar-refractivity contribution in [2.45, 2.75) is 11.9 Å². The van der Waals surface area contributed by atoms with Crippen LogP contribution in [-0.4, -0.2) is 10.7 Å². The van der Waals surface area contributed by atoms with Crippen LogP contribution in [0.4, 0.5) is 0 Å². The molecule has 15 heavy (non-hydrogen) atoms. The molecule has 1 heterocycles. The van der Waals surface area contributed by atoms with Crippen molar-refractivity contribution in [2.24, 2.45) is 0 Å². The second kappa shape index (κ2) is 4.68. The molecule has 0 aliphatic rings. The molecular weight excluding hydrogens is 226 g/mol. The summed E-state index contributed by atoms with van der Waals surface area (Å²) in [6, 6.07) is 9.99. The summed E-state index contributed by atoms with van der Waals surface area (Å²) < 4.78 is 5.49. The molecule has 0 spiro atoms. The number of aromatic amines is 1. The van der Waals surface area contributed by atoms with Crippen LogP contribution in [0, 0.1) is 4.84 Å². The van der Waals surface area contributed by atoms with Crippen LogP contribution in [0.15, 0.2) is 39.8 Å². The van der Waals surface area contributed by atoms with Gasteiger partial charge in [0.1, 0.15) is 5.03 Å². The van der Waals surface area contributed by atoms with Crippen molar-refractivity contribution >= 4 is 24.0 Å². The van der Waals surface area contributed by atoms with E-state index in [0.29, 0.717) is 4.84 Å². The average molecular weight is 237 g/mol. The minimum atomic E-state index is 0.435. The molecule has 1 aromatic heterocycles. The van der Waals surface area contributed by atoms with Crippen molar-refractivity contribution in [3.63, 3.8) is 0 Å². The number of hydrogen-bond acceptors (Lipinski definition) is 3. The standard InChI is InChI=1S/C11H11NOS2/c1-2-15-10-9(13-11(14)12-10)8-6-4-3-5-7-8/h3-7H,2H2,1H3,(H,12,14). The number of benzene rings is 1. The highest BCUT2D eigenvalue weighted by Gasteiger charge is 2.09. The van der Waals surface area contributed by atoms with Crippen molar-refractivity contribution in [3.8, 4) is 11.3 Å². The van der Waals surface area contributed by atoms with E-state index in [9.17, 15) is 0 Å². The van der Waals surface area contributed by atoms with Gasteiger partial charge in [0, 0.05) is 5.56 Å². The Balaban J connectivity index is 2.48. The minimum absolute atomic E-state index is 0.435. The van der Waals surface area contributed by atoms with Gasteiger partial charge in [0.2, 0.25) is 0 Å². The summed E-state index contributed by atoms with van der Waals surface area (Å²) in [5.74, 6) is 1.83. The fraction of sp³-hybridized carbons (Fsp3) is 0.182. The topological polar surface area (TPSA) is 28.9 Å². The lowest BCUT2D eigenvalue weighted by Crippen LogP contribution is -1.78. The second-order valence-corrected chi connectivity index (χ2v) is 4.62. The van der Waals surface area contributed by atoms with Crippen LogP contribution in [0.5, 0.6) is 0 Å². The Hall–Kier alpha value is -1.00. The Bertz CT molecular complexity index is 487. The molecule has 1 aromatic carbocycles. The largest absolute Gasteiger partial charge is 0.428 e. The van der Waals surface area contributed by atoms with E-state index in [-0.39, 0.29) is 0 Å². The Morgan fingerprint density at radius 2 is 2.07 bits per heavy atom. The van der Waals surface area contributed by atoms with E-state index in [2.05, 4.69) is 11.9 Å². The number of nitrogens with one attached hydrogen (secondary N) is 1. The monoisotopic (exact) mass is 237 g/mol. The number of oxazole rings is 1. The maximum atomic E-state index is 5.49. The van der Waals surface area contributed by atoms with Crippen LogP contribution in [0.2, 0.25) is 0 Å². The zero-order valence-corrected chi connectivity index (χ0v) is 9.95. The van der Waals surface area contributed by atoms with Crippen LogP contribution in [0.3, 0.4) is 0 Å². The van der Waals surface area contributed by atoms with E-state index < -0.39 is 0 Å². The van der Waals surface area contributed by atoms with Crippen molar-refractivity contribution in [3.05, 3.63) is 35.2 Å². The normalized spacial score (nSPS) is 10.5. The highest BCUT2D eigenvalue weighted by atomic mass is 32.2. The number of H-pyrrole nitrogens is 1. The third-order valence-corrected chi connectivity index (χ3v) is 2.99. The number of hydrogen-bond donors (Lipinski definition) is 1. The molecule has 2 aromatic rings. The summed E-state index contributed by atoms with van der Waals surface area (Å²) in [6.07, 6.45) is 0. The van der Waals surface area contributed by atoms with Gasteiger partial charge in [0.05, 0.1) is 0 Å². The fourth-order valence-corrected chi connectivity index (χ4v) is 2.33. The van der Waals surface area contributed by atoms with E-state index in [1.807, 2.05) is 30.3 Å². The lowest BCUT2D eigenvalue weighted by atomic mass is 10.2. The highest BCUT2D eigenvalue weighted by molar-refractivity contribution is 7.99. The van der Waals surface area contributed by atoms with Gasteiger partial charge in [-0.15, -0.1) is 11.8 Å².